The summed E-state index contributed by atoms with van der Waals surface area (Å²) in [6.07, 6.45) is 9.38. The van der Waals surface area contributed by atoms with Gasteiger partial charge in [0.05, 0.1) is 19.1 Å². The molecule has 0 radical (unpaired) electrons. The summed E-state index contributed by atoms with van der Waals surface area (Å²) < 4.78 is 13.6. The fraction of sp³-hybridized carbons (Fsp3) is 0.381. The summed E-state index contributed by atoms with van der Waals surface area (Å²) in [5.41, 5.74) is 2.12. The number of aryl methyl sites for hydroxylation is 1. The highest BCUT2D eigenvalue weighted by Gasteiger charge is 2.26. The largest absolute Gasteiger partial charge is 0.493 e. The van der Waals surface area contributed by atoms with Gasteiger partial charge in [-0.3, -0.25) is 9.88 Å². The summed E-state index contributed by atoms with van der Waals surface area (Å²) in [6, 6.07) is 7.60. The smallest absolute Gasteiger partial charge is 0.241 e. The first-order chi connectivity index (χ1) is 13.7. The van der Waals surface area contributed by atoms with E-state index in [1.54, 1.807) is 19.5 Å². The first-order valence-electron chi connectivity index (χ1n) is 9.54. The summed E-state index contributed by atoms with van der Waals surface area (Å²) in [6.45, 7) is 2.88. The lowest BCUT2D eigenvalue weighted by Gasteiger charge is -2.32. The Bertz CT molecular complexity index is 926. The number of piperidine rings is 1. The average Bonchev–Trinajstić information content (AvgIpc) is 3.13. The predicted octanol–water partition coefficient (Wildman–Crippen LogP) is 3.39. The monoisotopic (exact) mass is 379 g/mol. The van der Waals surface area contributed by atoms with Crippen LogP contribution in [-0.4, -0.2) is 44.6 Å². The van der Waals surface area contributed by atoms with E-state index >= 15 is 0 Å². The Labute approximate surface area is 165 Å². The summed E-state index contributed by atoms with van der Waals surface area (Å²) in [7, 11) is 3.67. The van der Waals surface area contributed by atoms with Gasteiger partial charge in [0.2, 0.25) is 5.88 Å². The minimum atomic E-state index is 0.278. The van der Waals surface area contributed by atoms with Crippen molar-refractivity contribution >= 4 is 0 Å². The van der Waals surface area contributed by atoms with Gasteiger partial charge in [0, 0.05) is 44.6 Å². The zero-order chi connectivity index (χ0) is 19.3. The summed E-state index contributed by atoms with van der Waals surface area (Å²) in [5, 5.41) is 0. The van der Waals surface area contributed by atoms with Crippen LogP contribution in [0.1, 0.15) is 30.1 Å². The van der Waals surface area contributed by atoms with Crippen molar-refractivity contribution in [3.63, 3.8) is 0 Å². The molecule has 0 unspecified atom stereocenters. The van der Waals surface area contributed by atoms with Crippen LogP contribution in [0, 0.1) is 0 Å². The maximum Gasteiger partial charge on any atom is 0.241 e. The molecular weight excluding hydrogens is 354 g/mol. The third-order valence-electron chi connectivity index (χ3n) is 5.16. The Hall–Kier alpha value is -2.93. The zero-order valence-corrected chi connectivity index (χ0v) is 16.3. The molecule has 2 aromatic heterocycles. The Morgan fingerprint density at radius 2 is 1.96 bits per heavy atom. The number of imidazole rings is 1. The number of benzene rings is 1. The Kier molecular flexibility index (Phi) is 5.53. The van der Waals surface area contributed by atoms with Crippen molar-refractivity contribution < 1.29 is 9.47 Å². The number of ether oxygens (including phenoxy) is 2. The molecule has 0 saturated carbocycles. The van der Waals surface area contributed by atoms with Crippen molar-refractivity contribution in [3.05, 3.63) is 60.6 Å². The molecule has 7 nitrogen and oxygen atoms in total. The fourth-order valence-corrected chi connectivity index (χ4v) is 3.69. The van der Waals surface area contributed by atoms with Gasteiger partial charge >= 0.3 is 0 Å². The Balaban J connectivity index is 1.53. The summed E-state index contributed by atoms with van der Waals surface area (Å²) in [5.74, 6) is 2.16. The molecule has 28 heavy (non-hydrogen) atoms. The molecule has 0 spiro atoms. The van der Waals surface area contributed by atoms with Crippen LogP contribution in [0.15, 0.2) is 49.2 Å². The second-order valence-corrected chi connectivity index (χ2v) is 7.07. The lowest BCUT2D eigenvalue weighted by Crippen LogP contribution is -2.34. The lowest BCUT2D eigenvalue weighted by atomic mass is 9.94. The zero-order valence-electron chi connectivity index (χ0n) is 16.3. The number of likely N-dealkylation sites (tertiary alicyclic amines) is 1. The second kappa shape index (κ2) is 8.39. The van der Waals surface area contributed by atoms with Gasteiger partial charge in [0.15, 0.2) is 11.5 Å². The van der Waals surface area contributed by atoms with Crippen LogP contribution in [0.25, 0.3) is 0 Å². The van der Waals surface area contributed by atoms with Gasteiger partial charge < -0.3 is 14.0 Å². The molecule has 1 saturated heterocycles. The van der Waals surface area contributed by atoms with Crippen molar-refractivity contribution in [3.8, 4) is 17.4 Å². The summed E-state index contributed by atoms with van der Waals surface area (Å²) >= 11 is 0. The number of hydrogen-bond donors (Lipinski definition) is 0. The highest BCUT2D eigenvalue weighted by molar-refractivity contribution is 5.42. The molecule has 0 aliphatic carbocycles. The van der Waals surface area contributed by atoms with Crippen LogP contribution in [0.3, 0.4) is 0 Å². The third-order valence-corrected chi connectivity index (χ3v) is 5.16. The van der Waals surface area contributed by atoms with E-state index in [1.807, 2.05) is 43.8 Å². The molecule has 1 fully saturated rings. The maximum atomic E-state index is 6.11. The van der Waals surface area contributed by atoms with Crippen molar-refractivity contribution in [2.45, 2.75) is 25.3 Å². The van der Waals surface area contributed by atoms with Gasteiger partial charge in [-0.15, -0.1) is 0 Å². The standard InChI is InChI=1S/C21H25N5O2/c1-25-15-22-12-17(25)14-26-11-5-6-16(13-26)20-21(24-10-9-23-20)28-19-8-4-3-7-18(19)27-2/h3-4,7-10,12,15-16H,5-6,11,13-14H2,1-2H3/t16-/m1/s1. The van der Waals surface area contributed by atoms with Crippen molar-refractivity contribution in [2.75, 3.05) is 20.2 Å². The van der Waals surface area contributed by atoms with E-state index in [-0.39, 0.29) is 5.92 Å². The molecule has 1 aliphatic rings. The van der Waals surface area contributed by atoms with Crippen molar-refractivity contribution in [2.24, 2.45) is 7.05 Å². The topological polar surface area (TPSA) is 65.3 Å². The van der Waals surface area contributed by atoms with E-state index in [4.69, 9.17) is 9.47 Å². The Morgan fingerprint density at radius 3 is 2.75 bits per heavy atom. The van der Waals surface area contributed by atoms with Crippen LogP contribution in [0.5, 0.6) is 17.4 Å². The number of rotatable bonds is 6. The predicted molar refractivity (Wildman–Crippen MR) is 106 cm³/mol. The summed E-state index contributed by atoms with van der Waals surface area (Å²) in [4.78, 5) is 15.8. The molecule has 1 atom stereocenters. The highest BCUT2D eigenvalue weighted by atomic mass is 16.5. The van der Waals surface area contributed by atoms with E-state index in [1.165, 1.54) is 5.69 Å². The molecular formula is C21H25N5O2. The molecule has 1 aliphatic heterocycles. The molecule has 7 heteroatoms. The van der Waals surface area contributed by atoms with E-state index in [0.717, 1.165) is 38.2 Å². The number of para-hydroxylation sites is 2. The van der Waals surface area contributed by atoms with Gasteiger partial charge in [-0.05, 0) is 31.5 Å². The molecule has 0 bridgehead atoms. The van der Waals surface area contributed by atoms with E-state index in [9.17, 15) is 0 Å². The molecule has 1 aromatic carbocycles. The third kappa shape index (κ3) is 3.99. The number of aromatic nitrogens is 4. The Morgan fingerprint density at radius 1 is 1.14 bits per heavy atom. The first-order valence-corrected chi connectivity index (χ1v) is 9.54. The number of nitrogens with zero attached hydrogens (tertiary/aromatic N) is 5. The van der Waals surface area contributed by atoms with E-state index in [0.29, 0.717) is 17.4 Å². The number of methoxy groups -OCH3 is 1. The van der Waals surface area contributed by atoms with Gasteiger partial charge in [-0.1, -0.05) is 12.1 Å². The van der Waals surface area contributed by atoms with Crippen molar-refractivity contribution in [1.82, 2.24) is 24.4 Å². The fourth-order valence-electron chi connectivity index (χ4n) is 3.69. The lowest BCUT2D eigenvalue weighted by molar-refractivity contribution is 0.193. The molecule has 0 N–H and O–H groups in total. The minimum Gasteiger partial charge on any atom is -0.493 e. The number of hydrogen-bond acceptors (Lipinski definition) is 6. The SMILES string of the molecule is COc1ccccc1Oc1nccnc1[C@@H]1CCCN(Cc2cncn2C)C1. The molecule has 3 heterocycles. The van der Waals surface area contributed by atoms with Crippen LogP contribution >= 0.6 is 0 Å². The maximum absolute atomic E-state index is 6.11. The van der Waals surface area contributed by atoms with Gasteiger partial charge in [-0.25, -0.2) is 9.97 Å². The molecule has 0 amide bonds. The normalized spacial score (nSPS) is 17.4. The molecule has 4 rings (SSSR count). The minimum absolute atomic E-state index is 0.278. The van der Waals surface area contributed by atoms with Crippen molar-refractivity contribution in [1.29, 1.82) is 0 Å². The molecule has 146 valence electrons. The van der Waals surface area contributed by atoms with Crippen LogP contribution in [0.2, 0.25) is 0 Å². The van der Waals surface area contributed by atoms with E-state index in [2.05, 4.69) is 24.4 Å². The second-order valence-electron chi connectivity index (χ2n) is 7.07. The highest BCUT2D eigenvalue weighted by Crippen LogP contribution is 2.35. The quantitative estimate of drug-likeness (QED) is 0.654. The average molecular weight is 379 g/mol. The first kappa shape index (κ1) is 18.4. The van der Waals surface area contributed by atoms with Crippen LogP contribution in [0.4, 0.5) is 0 Å². The van der Waals surface area contributed by atoms with Gasteiger partial charge in [0.1, 0.15) is 5.69 Å². The van der Waals surface area contributed by atoms with Crippen LogP contribution in [-0.2, 0) is 13.6 Å². The van der Waals surface area contributed by atoms with E-state index < -0.39 is 0 Å². The van der Waals surface area contributed by atoms with Gasteiger partial charge in [0.25, 0.3) is 0 Å². The van der Waals surface area contributed by atoms with Gasteiger partial charge in [-0.2, -0.15) is 0 Å². The van der Waals surface area contributed by atoms with Crippen LogP contribution < -0.4 is 9.47 Å². The molecule has 3 aromatic rings.